The Balaban J connectivity index is 1.53. The summed E-state index contributed by atoms with van der Waals surface area (Å²) in [7, 11) is -3.67. The Morgan fingerprint density at radius 3 is 2.33 bits per heavy atom. The van der Waals surface area contributed by atoms with E-state index >= 15 is 0 Å². The van der Waals surface area contributed by atoms with E-state index < -0.39 is 10.0 Å². The van der Waals surface area contributed by atoms with Gasteiger partial charge in [-0.3, -0.25) is 9.62 Å². The van der Waals surface area contributed by atoms with Crippen molar-refractivity contribution < 1.29 is 13.2 Å². The quantitative estimate of drug-likeness (QED) is 0.705. The molecule has 0 saturated carbocycles. The van der Waals surface area contributed by atoms with E-state index in [-0.39, 0.29) is 10.7 Å². The maximum absolute atomic E-state index is 12.4. The predicted molar refractivity (Wildman–Crippen MR) is 104 cm³/mol. The van der Waals surface area contributed by atoms with Crippen molar-refractivity contribution in [1.29, 1.82) is 0 Å². The van der Waals surface area contributed by atoms with Crippen molar-refractivity contribution >= 4 is 21.7 Å². The number of anilines is 2. The molecular formula is C18H25N5O3S. The number of nitrogens with one attached hydrogen (secondary N) is 2. The van der Waals surface area contributed by atoms with E-state index in [1.54, 1.807) is 24.3 Å². The largest absolute Gasteiger partial charge is 0.379 e. The summed E-state index contributed by atoms with van der Waals surface area (Å²) in [6.45, 7) is 7.08. The van der Waals surface area contributed by atoms with Crippen LogP contribution in [0.3, 0.4) is 0 Å². The molecule has 0 spiro atoms. The van der Waals surface area contributed by atoms with Crippen LogP contribution in [-0.4, -0.2) is 62.9 Å². The predicted octanol–water partition coefficient (Wildman–Crippen LogP) is 1.58. The smallest absolute Gasteiger partial charge is 0.263 e. The topological polar surface area (TPSA) is 96.5 Å². The fourth-order valence-electron chi connectivity index (χ4n) is 2.75. The summed E-state index contributed by atoms with van der Waals surface area (Å²) < 4.78 is 32.6. The number of hydrogen-bond acceptors (Lipinski definition) is 7. The van der Waals surface area contributed by atoms with Gasteiger partial charge in [0, 0.05) is 26.2 Å². The Bertz CT molecular complexity index is 819. The minimum atomic E-state index is -3.67. The van der Waals surface area contributed by atoms with Crippen molar-refractivity contribution in [3.63, 3.8) is 0 Å². The molecule has 0 unspecified atom stereocenters. The van der Waals surface area contributed by atoms with Crippen LogP contribution in [0.5, 0.6) is 0 Å². The second-order valence-corrected chi connectivity index (χ2v) is 7.97. The Labute approximate surface area is 160 Å². The molecule has 1 fully saturated rings. The van der Waals surface area contributed by atoms with E-state index in [9.17, 15) is 8.42 Å². The molecule has 0 radical (unpaired) electrons. The normalized spacial score (nSPS) is 15.4. The van der Waals surface area contributed by atoms with Crippen molar-refractivity contribution in [1.82, 2.24) is 15.1 Å². The van der Waals surface area contributed by atoms with Gasteiger partial charge in [0.1, 0.15) is 5.82 Å². The van der Waals surface area contributed by atoms with Gasteiger partial charge in [-0.2, -0.15) is 0 Å². The van der Waals surface area contributed by atoms with Crippen LogP contribution in [0.25, 0.3) is 0 Å². The highest BCUT2D eigenvalue weighted by Crippen LogP contribution is 2.15. The van der Waals surface area contributed by atoms with Gasteiger partial charge in [-0.05, 0) is 36.2 Å². The van der Waals surface area contributed by atoms with Gasteiger partial charge in [0.05, 0.1) is 18.1 Å². The average molecular weight is 391 g/mol. The first kappa shape index (κ1) is 19.5. The van der Waals surface area contributed by atoms with Crippen molar-refractivity contribution in [2.45, 2.75) is 18.2 Å². The number of morpholine rings is 1. The van der Waals surface area contributed by atoms with Crippen LogP contribution in [0, 0.1) is 0 Å². The zero-order valence-corrected chi connectivity index (χ0v) is 16.2. The molecule has 8 nitrogen and oxygen atoms in total. The zero-order valence-electron chi connectivity index (χ0n) is 15.4. The monoisotopic (exact) mass is 391 g/mol. The zero-order chi connectivity index (χ0) is 19.1. The number of sulfonamides is 1. The molecule has 0 atom stereocenters. The summed E-state index contributed by atoms with van der Waals surface area (Å²) in [5.41, 5.74) is 1.08. The van der Waals surface area contributed by atoms with E-state index in [0.717, 1.165) is 51.4 Å². The third-order valence-corrected chi connectivity index (χ3v) is 5.75. The van der Waals surface area contributed by atoms with Gasteiger partial charge in [0.15, 0.2) is 5.82 Å². The molecule has 146 valence electrons. The summed E-state index contributed by atoms with van der Waals surface area (Å²) in [5.74, 6) is 0.798. The van der Waals surface area contributed by atoms with Crippen LogP contribution < -0.4 is 10.0 Å². The van der Waals surface area contributed by atoms with Crippen LogP contribution in [0.15, 0.2) is 41.3 Å². The van der Waals surface area contributed by atoms with Gasteiger partial charge < -0.3 is 10.1 Å². The summed E-state index contributed by atoms with van der Waals surface area (Å²) in [6.07, 6.45) is 0.860. The fraction of sp³-hybridized carbons (Fsp3) is 0.444. The van der Waals surface area contributed by atoms with Crippen LogP contribution in [0.1, 0.15) is 12.5 Å². The van der Waals surface area contributed by atoms with E-state index in [2.05, 4.69) is 25.1 Å². The summed E-state index contributed by atoms with van der Waals surface area (Å²) in [4.78, 5) is 2.52. The SMILES string of the molecule is CCc1ccc(S(=O)(=O)Nc2ccc(NCCN3CCOCC3)nn2)cc1. The second-order valence-electron chi connectivity index (χ2n) is 6.29. The van der Waals surface area contributed by atoms with Crippen molar-refractivity contribution in [3.05, 3.63) is 42.0 Å². The van der Waals surface area contributed by atoms with Crippen LogP contribution >= 0.6 is 0 Å². The van der Waals surface area contributed by atoms with E-state index in [4.69, 9.17) is 4.74 Å². The molecule has 1 aromatic heterocycles. The lowest BCUT2D eigenvalue weighted by atomic mass is 10.2. The molecule has 9 heteroatoms. The highest BCUT2D eigenvalue weighted by atomic mass is 32.2. The number of rotatable bonds is 8. The lowest BCUT2D eigenvalue weighted by Crippen LogP contribution is -2.39. The molecule has 0 amide bonds. The molecule has 2 heterocycles. The number of benzene rings is 1. The lowest BCUT2D eigenvalue weighted by Gasteiger charge is -2.26. The second kappa shape index (κ2) is 9.12. The maximum Gasteiger partial charge on any atom is 0.263 e. The van der Waals surface area contributed by atoms with Gasteiger partial charge in [0.25, 0.3) is 10.0 Å². The van der Waals surface area contributed by atoms with Gasteiger partial charge in [0.2, 0.25) is 0 Å². The third-order valence-electron chi connectivity index (χ3n) is 4.38. The number of aromatic nitrogens is 2. The van der Waals surface area contributed by atoms with Crippen molar-refractivity contribution in [2.24, 2.45) is 0 Å². The lowest BCUT2D eigenvalue weighted by molar-refractivity contribution is 0.0398. The molecule has 2 N–H and O–H groups in total. The number of aryl methyl sites for hydroxylation is 1. The molecule has 27 heavy (non-hydrogen) atoms. The molecule has 1 aromatic carbocycles. The van der Waals surface area contributed by atoms with Crippen molar-refractivity contribution in [2.75, 3.05) is 49.4 Å². The molecule has 1 aliphatic rings. The summed E-state index contributed by atoms with van der Waals surface area (Å²) in [6, 6.07) is 10.1. The van der Waals surface area contributed by atoms with E-state index in [0.29, 0.717) is 5.82 Å². The minimum absolute atomic E-state index is 0.188. The highest BCUT2D eigenvalue weighted by Gasteiger charge is 2.15. The Morgan fingerprint density at radius 2 is 1.70 bits per heavy atom. The standard InChI is InChI=1S/C18H25N5O3S/c1-2-15-3-5-16(6-4-15)27(24,25)22-18-8-7-17(20-21-18)19-9-10-23-11-13-26-14-12-23/h3-8H,2,9-14H2,1H3,(H,19,20)(H,21,22). The molecule has 0 aliphatic carbocycles. The molecule has 3 rings (SSSR count). The number of nitrogens with zero attached hydrogens (tertiary/aromatic N) is 3. The number of ether oxygens (including phenoxy) is 1. The van der Waals surface area contributed by atoms with Gasteiger partial charge in [-0.1, -0.05) is 19.1 Å². The van der Waals surface area contributed by atoms with Crippen LogP contribution in [-0.2, 0) is 21.2 Å². The Hall–Kier alpha value is -2.23. The Kier molecular flexibility index (Phi) is 6.59. The van der Waals surface area contributed by atoms with E-state index in [1.165, 1.54) is 0 Å². The third kappa shape index (κ3) is 5.62. The van der Waals surface area contributed by atoms with Crippen LogP contribution in [0.2, 0.25) is 0 Å². The first-order chi connectivity index (χ1) is 13.1. The molecule has 1 saturated heterocycles. The number of hydrogen-bond donors (Lipinski definition) is 2. The molecule has 0 bridgehead atoms. The van der Waals surface area contributed by atoms with Gasteiger partial charge in [-0.25, -0.2) is 8.42 Å². The molecule has 2 aromatic rings. The van der Waals surface area contributed by atoms with Gasteiger partial charge in [-0.15, -0.1) is 10.2 Å². The highest BCUT2D eigenvalue weighted by molar-refractivity contribution is 7.92. The first-order valence-corrected chi connectivity index (χ1v) is 10.5. The summed E-state index contributed by atoms with van der Waals surface area (Å²) in [5, 5.41) is 11.2. The minimum Gasteiger partial charge on any atom is -0.379 e. The van der Waals surface area contributed by atoms with E-state index in [1.807, 2.05) is 19.1 Å². The van der Waals surface area contributed by atoms with Crippen molar-refractivity contribution in [3.8, 4) is 0 Å². The maximum atomic E-state index is 12.4. The summed E-state index contributed by atoms with van der Waals surface area (Å²) >= 11 is 0. The fourth-order valence-corrected chi connectivity index (χ4v) is 3.75. The average Bonchev–Trinajstić information content (AvgIpc) is 2.70. The molecule has 1 aliphatic heterocycles. The van der Waals surface area contributed by atoms with Crippen LogP contribution in [0.4, 0.5) is 11.6 Å². The molecular weight excluding hydrogens is 366 g/mol. The van der Waals surface area contributed by atoms with Gasteiger partial charge >= 0.3 is 0 Å². The Morgan fingerprint density at radius 1 is 1.04 bits per heavy atom. The first-order valence-electron chi connectivity index (χ1n) is 9.06.